The molecule has 0 aliphatic heterocycles. The molecule has 1 amide bonds. The zero-order chi connectivity index (χ0) is 14.7. The molecule has 19 heavy (non-hydrogen) atoms. The van der Waals surface area contributed by atoms with Crippen molar-refractivity contribution in [1.82, 2.24) is 0 Å². The van der Waals surface area contributed by atoms with Crippen molar-refractivity contribution in [2.75, 3.05) is 11.9 Å². The lowest BCUT2D eigenvalue weighted by molar-refractivity contribution is -0.0550. The van der Waals surface area contributed by atoms with E-state index < -0.39 is 29.8 Å². The van der Waals surface area contributed by atoms with Gasteiger partial charge in [-0.05, 0) is 26.8 Å². The number of ether oxygens (including phenoxy) is 1. The number of anilines is 1. The molecule has 0 saturated carbocycles. The van der Waals surface area contributed by atoms with Gasteiger partial charge in [0, 0.05) is 5.56 Å². The monoisotopic (exact) mass is 273 g/mol. The maximum atomic E-state index is 13.5. The molecule has 1 rings (SSSR count). The van der Waals surface area contributed by atoms with Gasteiger partial charge in [0.1, 0.15) is 12.2 Å². The van der Waals surface area contributed by atoms with Crippen LogP contribution in [0.5, 0.6) is 0 Å². The summed E-state index contributed by atoms with van der Waals surface area (Å²) < 4.78 is 32.0. The molecule has 0 spiro atoms. The van der Waals surface area contributed by atoms with Gasteiger partial charge in [-0.2, -0.15) is 8.78 Å². The predicted molar refractivity (Wildman–Crippen MR) is 67.3 cm³/mol. The van der Waals surface area contributed by atoms with E-state index in [1.54, 1.807) is 20.8 Å². The van der Waals surface area contributed by atoms with Gasteiger partial charge in [-0.3, -0.25) is 5.32 Å². The van der Waals surface area contributed by atoms with Crippen molar-refractivity contribution in [3.8, 4) is 0 Å². The summed E-state index contributed by atoms with van der Waals surface area (Å²) >= 11 is 0. The second kappa shape index (κ2) is 5.52. The Balaban J connectivity index is 2.94. The number of hydrogen-bond acceptors (Lipinski definition) is 3. The molecule has 0 heterocycles. The summed E-state index contributed by atoms with van der Waals surface area (Å²) in [6, 6.07) is 5.37. The average Bonchev–Trinajstić information content (AvgIpc) is 2.27. The molecule has 6 heteroatoms. The Morgan fingerprint density at radius 3 is 2.42 bits per heavy atom. The first-order chi connectivity index (χ1) is 8.65. The molecule has 1 aromatic carbocycles. The molecule has 0 saturated heterocycles. The second-order valence-corrected chi connectivity index (χ2v) is 5.04. The summed E-state index contributed by atoms with van der Waals surface area (Å²) in [6.07, 6.45) is -0.825. The third kappa shape index (κ3) is 4.48. The van der Waals surface area contributed by atoms with E-state index in [0.29, 0.717) is 0 Å². The maximum Gasteiger partial charge on any atom is 0.412 e. The lowest BCUT2D eigenvalue weighted by Crippen LogP contribution is -2.28. The van der Waals surface area contributed by atoms with Crippen LogP contribution in [-0.2, 0) is 10.7 Å². The van der Waals surface area contributed by atoms with E-state index in [-0.39, 0.29) is 5.69 Å². The third-order valence-electron chi connectivity index (χ3n) is 2.16. The summed E-state index contributed by atoms with van der Waals surface area (Å²) in [4.78, 5) is 11.6. The Labute approximate surface area is 110 Å². The van der Waals surface area contributed by atoms with Crippen LogP contribution in [0.3, 0.4) is 0 Å². The van der Waals surface area contributed by atoms with Gasteiger partial charge < -0.3 is 9.84 Å². The first-order valence-corrected chi connectivity index (χ1v) is 5.74. The second-order valence-electron chi connectivity index (χ2n) is 5.04. The van der Waals surface area contributed by atoms with Crippen LogP contribution in [0.4, 0.5) is 19.3 Å². The number of halogens is 2. The SMILES string of the molecule is CC(C)(C)OC(=O)Nc1ccccc1C(F)(F)CO. The predicted octanol–water partition coefficient (Wildman–Crippen LogP) is 3.12. The Bertz CT molecular complexity index is 455. The number of amides is 1. The zero-order valence-electron chi connectivity index (χ0n) is 11.0. The number of aliphatic hydroxyl groups excluding tert-OH is 1. The first kappa shape index (κ1) is 15.4. The fraction of sp³-hybridized carbons (Fsp3) is 0.462. The molecular weight excluding hydrogens is 256 g/mol. The topological polar surface area (TPSA) is 58.6 Å². The smallest absolute Gasteiger partial charge is 0.412 e. The van der Waals surface area contributed by atoms with Gasteiger partial charge >= 0.3 is 6.09 Å². The summed E-state index contributed by atoms with van der Waals surface area (Å²) in [5.74, 6) is -3.42. The quantitative estimate of drug-likeness (QED) is 0.889. The molecule has 0 aliphatic rings. The van der Waals surface area contributed by atoms with Crippen molar-refractivity contribution in [3.63, 3.8) is 0 Å². The van der Waals surface area contributed by atoms with Gasteiger partial charge in [0.2, 0.25) is 0 Å². The standard InChI is InChI=1S/C13H17F2NO3/c1-12(2,3)19-11(18)16-10-7-5-4-6-9(10)13(14,15)8-17/h4-7,17H,8H2,1-3H3,(H,16,18). The molecule has 0 unspecified atom stereocenters. The van der Waals surface area contributed by atoms with Gasteiger partial charge in [-0.25, -0.2) is 4.79 Å². The van der Waals surface area contributed by atoms with Crippen LogP contribution < -0.4 is 5.32 Å². The van der Waals surface area contributed by atoms with E-state index in [0.717, 1.165) is 6.07 Å². The number of carbonyl (C=O) groups excluding carboxylic acids is 1. The van der Waals surface area contributed by atoms with Gasteiger partial charge in [-0.15, -0.1) is 0 Å². The van der Waals surface area contributed by atoms with Crippen molar-refractivity contribution in [1.29, 1.82) is 0 Å². The highest BCUT2D eigenvalue weighted by molar-refractivity contribution is 5.86. The maximum absolute atomic E-state index is 13.5. The number of aliphatic hydroxyl groups is 1. The molecular formula is C13H17F2NO3. The Morgan fingerprint density at radius 2 is 1.89 bits per heavy atom. The normalized spacial score (nSPS) is 12.1. The number of nitrogens with one attached hydrogen (secondary N) is 1. The molecule has 106 valence electrons. The van der Waals surface area contributed by atoms with Crippen LogP contribution in [0.1, 0.15) is 26.3 Å². The van der Waals surface area contributed by atoms with Crippen molar-refractivity contribution in [2.45, 2.75) is 32.3 Å². The van der Waals surface area contributed by atoms with E-state index in [1.165, 1.54) is 18.2 Å². The summed E-state index contributed by atoms with van der Waals surface area (Å²) in [7, 11) is 0. The highest BCUT2D eigenvalue weighted by atomic mass is 19.3. The third-order valence-corrected chi connectivity index (χ3v) is 2.16. The highest BCUT2D eigenvalue weighted by Crippen LogP contribution is 2.33. The van der Waals surface area contributed by atoms with E-state index in [2.05, 4.69) is 5.32 Å². The minimum absolute atomic E-state index is 0.0872. The Kier molecular flexibility index (Phi) is 4.47. The summed E-state index contributed by atoms with van der Waals surface area (Å²) in [6.45, 7) is 3.67. The minimum Gasteiger partial charge on any atom is -0.444 e. The average molecular weight is 273 g/mol. The largest absolute Gasteiger partial charge is 0.444 e. The number of benzene rings is 1. The van der Waals surface area contributed by atoms with Crippen molar-refractivity contribution >= 4 is 11.8 Å². The van der Waals surface area contributed by atoms with E-state index in [1.807, 2.05) is 0 Å². The molecule has 4 nitrogen and oxygen atoms in total. The molecule has 1 aromatic rings. The van der Waals surface area contributed by atoms with Crippen LogP contribution in [-0.4, -0.2) is 23.4 Å². The molecule has 0 aliphatic carbocycles. The molecule has 0 bridgehead atoms. The first-order valence-electron chi connectivity index (χ1n) is 5.74. The van der Waals surface area contributed by atoms with E-state index >= 15 is 0 Å². The van der Waals surface area contributed by atoms with Crippen molar-refractivity contribution in [3.05, 3.63) is 29.8 Å². The molecule has 0 atom stereocenters. The van der Waals surface area contributed by atoms with Gasteiger partial charge in [-0.1, -0.05) is 18.2 Å². The molecule has 0 radical (unpaired) electrons. The van der Waals surface area contributed by atoms with E-state index in [9.17, 15) is 13.6 Å². The number of alkyl halides is 2. The Morgan fingerprint density at radius 1 is 1.32 bits per heavy atom. The Hall–Kier alpha value is -1.69. The van der Waals surface area contributed by atoms with Crippen molar-refractivity contribution in [2.24, 2.45) is 0 Å². The fourth-order valence-corrected chi connectivity index (χ4v) is 1.41. The summed E-state index contributed by atoms with van der Waals surface area (Å²) in [5, 5.41) is 11.0. The minimum atomic E-state index is -3.42. The summed E-state index contributed by atoms with van der Waals surface area (Å²) in [5.41, 5.74) is -1.27. The van der Waals surface area contributed by atoms with Crippen LogP contribution in [0.25, 0.3) is 0 Å². The van der Waals surface area contributed by atoms with Crippen LogP contribution in [0.2, 0.25) is 0 Å². The van der Waals surface area contributed by atoms with Gasteiger partial charge in [0.05, 0.1) is 5.69 Å². The molecule has 0 aromatic heterocycles. The number of rotatable bonds is 3. The fourth-order valence-electron chi connectivity index (χ4n) is 1.41. The zero-order valence-corrected chi connectivity index (χ0v) is 11.0. The molecule has 2 N–H and O–H groups in total. The highest BCUT2D eigenvalue weighted by Gasteiger charge is 2.33. The lowest BCUT2D eigenvalue weighted by Gasteiger charge is -2.22. The number of hydrogen-bond donors (Lipinski definition) is 2. The van der Waals surface area contributed by atoms with Gasteiger partial charge in [0.25, 0.3) is 5.92 Å². The van der Waals surface area contributed by atoms with Crippen LogP contribution in [0.15, 0.2) is 24.3 Å². The number of para-hydroxylation sites is 1. The van der Waals surface area contributed by atoms with Crippen molar-refractivity contribution < 1.29 is 23.4 Å². The van der Waals surface area contributed by atoms with Crippen LogP contribution in [0, 0.1) is 0 Å². The molecule has 0 fully saturated rings. The van der Waals surface area contributed by atoms with Gasteiger partial charge in [0.15, 0.2) is 0 Å². The van der Waals surface area contributed by atoms with Crippen LogP contribution >= 0.6 is 0 Å². The lowest BCUT2D eigenvalue weighted by atomic mass is 10.1. The van der Waals surface area contributed by atoms with E-state index in [4.69, 9.17) is 9.84 Å². The number of carbonyl (C=O) groups is 1.